The van der Waals surface area contributed by atoms with Gasteiger partial charge in [-0.1, -0.05) is 6.07 Å². The normalized spacial score (nSPS) is 13.5. The maximum atomic E-state index is 15.1. The summed E-state index contributed by atoms with van der Waals surface area (Å²) in [5.74, 6) is -0.396. The van der Waals surface area contributed by atoms with Crippen LogP contribution in [0.15, 0.2) is 30.7 Å². The van der Waals surface area contributed by atoms with Crippen molar-refractivity contribution >= 4 is 23.6 Å². The number of rotatable bonds is 4. The molecule has 11 heteroatoms. The molecule has 1 aliphatic rings. The first-order valence-electron chi connectivity index (χ1n) is 8.74. The molecular formula is C18H19FN8O2. The van der Waals surface area contributed by atoms with Crippen LogP contribution in [0.2, 0.25) is 0 Å². The molecule has 150 valence electrons. The zero-order chi connectivity index (χ0) is 20.8. The SMILES string of the molecule is N#Cc1ccc(COC(=O)NC(=N)N)c(F)c1N1CCN(c2ccncn2)CC1. The van der Waals surface area contributed by atoms with Crippen molar-refractivity contribution in [3.63, 3.8) is 0 Å². The van der Waals surface area contributed by atoms with Crippen LogP contribution in [0.1, 0.15) is 11.1 Å². The molecule has 2 aromatic rings. The summed E-state index contributed by atoms with van der Waals surface area (Å²) in [6.07, 6.45) is 2.18. The maximum Gasteiger partial charge on any atom is 0.414 e. The number of nitriles is 1. The molecular weight excluding hydrogens is 379 g/mol. The van der Waals surface area contributed by atoms with E-state index in [9.17, 15) is 10.1 Å². The number of hydrogen-bond donors (Lipinski definition) is 3. The molecule has 4 N–H and O–H groups in total. The van der Waals surface area contributed by atoms with Crippen molar-refractivity contribution in [1.29, 1.82) is 10.7 Å². The Morgan fingerprint density at radius 1 is 1.31 bits per heavy atom. The third kappa shape index (κ3) is 4.67. The first-order valence-corrected chi connectivity index (χ1v) is 8.74. The Bertz CT molecular complexity index is 939. The zero-order valence-corrected chi connectivity index (χ0v) is 15.4. The smallest absolute Gasteiger partial charge is 0.414 e. The third-order valence-electron chi connectivity index (χ3n) is 4.40. The van der Waals surface area contributed by atoms with Crippen LogP contribution in [-0.4, -0.2) is 48.2 Å². The molecule has 29 heavy (non-hydrogen) atoms. The molecule has 0 atom stereocenters. The van der Waals surface area contributed by atoms with Crippen LogP contribution < -0.4 is 20.9 Å². The number of guanidine groups is 1. The Balaban J connectivity index is 1.74. The number of amides is 1. The number of carbonyl (C=O) groups is 1. The van der Waals surface area contributed by atoms with Gasteiger partial charge in [-0.05, 0) is 12.1 Å². The zero-order valence-electron chi connectivity index (χ0n) is 15.4. The standard InChI is InChI=1S/C18H19FN8O2/c19-15-13(10-29-18(28)25-17(21)22)2-1-12(9-20)16(15)27-7-5-26(6-8-27)14-3-4-23-11-24-14/h1-4,11H,5-8,10H2,(H4,21,22,25,28). The van der Waals surface area contributed by atoms with Crippen LogP contribution in [0.25, 0.3) is 0 Å². The van der Waals surface area contributed by atoms with Gasteiger partial charge in [0, 0.05) is 37.9 Å². The van der Waals surface area contributed by atoms with E-state index in [0.29, 0.717) is 26.2 Å². The number of nitrogens with one attached hydrogen (secondary N) is 2. The number of nitrogens with zero attached hydrogens (tertiary/aromatic N) is 5. The minimum atomic E-state index is -0.957. The number of ether oxygens (including phenoxy) is 1. The fraction of sp³-hybridized carbons (Fsp3) is 0.278. The molecule has 1 amide bonds. The predicted molar refractivity (Wildman–Crippen MR) is 103 cm³/mol. The molecule has 1 aliphatic heterocycles. The summed E-state index contributed by atoms with van der Waals surface area (Å²) in [5, 5.41) is 18.3. The van der Waals surface area contributed by atoms with Crippen molar-refractivity contribution in [2.45, 2.75) is 6.61 Å². The van der Waals surface area contributed by atoms with Gasteiger partial charge in [0.25, 0.3) is 0 Å². The average molecular weight is 398 g/mol. The summed E-state index contributed by atoms with van der Waals surface area (Å²) in [6, 6.07) is 6.72. The highest BCUT2D eigenvalue weighted by Crippen LogP contribution is 2.29. The predicted octanol–water partition coefficient (Wildman–Crippen LogP) is 0.934. The van der Waals surface area contributed by atoms with Crippen molar-refractivity contribution in [2.75, 3.05) is 36.0 Å². The number of nitrogens with two attached hydrogens (primary N) is 1. The molecule has 10 nitrogen and oxygen atoms in total. The molecule has 1 aromatic carbocycles. The van der Waals surface area contributed by atoms with Crippen LogP contribution in [0.5, 0.6) is 0 Å². The summed E-state index contributed by atoms with van der Waals surface area (Å²) in [6.45, 7) is 1.83. The van der Waals surface area contributed by atoms with Crippen LogP contribution in [0, 0.1) is 22.6 Å². The summed E-state index contributed by atoms with van der Waals surface area (Å²) in [5.41, 5.74) is 5.56. The largest absolute Gasteiger partial charge is 0.444 e. The number of anilines is 2. The van der Waals surface area contributed by atoms with Crippen LogP contribution in [0.4, 0.5) is 20.7 Å². The van der Waals surface area contributed by atoms with Gasteiger partial charge >= 0.3 is 6.09 Å². The summed E-state index contributed by atoms with van der Waals surface area (Å²) in [7, 11) is 0. The second kappa shape index (κ2) is 8.83. The van der Waals surface area contributed by atoms with Gasteiger partial charge in [-0.25, -0.2) is 19.2 Å². The lowest BCUT2D eigenvalue weighted by Crippen LogP contribution is -2.47. The topological polar surface area (TPSA) is 144 Å². The van der Waals surface area contributed by atoms with Gasteiger partial charge in [-0.15, -0.1) is 0 Å². The van der Waals surface area contributed by atoms with E-state index in [2.05, 4.69) is 14.9 Å². The summed E-state index contributed by atoms with van der Waals surface area (Å²) in [4.78, 5) is 23.4. The molecule has 0 radical (unpaired) electrons. The number of hydrogen-bond acceptors (Lipinski definition) is 8. The number of alkyl carbamates (subject to hydrolysis) is 1. The van der Waals surface area contributed by atoms with Crippen LogP contribution >= 0.6 is 0 Å². The number of aromatic nitrogens is 2. The fourth-order valence-electron chi connectivity index (χ4n) is 3.04. The molecule has 1 aromatic heterocycles. The third-order valence-corrected chi connectivity index (χ3v) is 4.40. The molecule has 2 heterocycles. The molecule has 0 aliphatic carbocycles. The van der Waals surface area contributed by atoms with E-state index in [4.69, 9.17) is 15.9 Å². The Morgan fingerprint density at radius 2 is 2.03 bits per heavy atom. The number of halogens is 1. The van der Waals surface area contributed by atoms with Gasteiger partial charge in [0.2, 0.25) is 0 Å². The van der Waals surface area contributed by atoms with E-state index in [-0.39, 0.29) is 23.4 Å². The lowest BCUT2D eigenvalue weighted by Gasteiger charge is -2.37. The van der Waals surface area contributed by atoms with Gasteiger partial charge in [0.1, 0.15) is 24.8 Å². The van der Waals surface area contributed by atoms with Crippen molar-refractivity contribution in [2.24, 2.45) is 5.73 Å². The van der Waals surface area contributed by atoms with Gasteiger partial charge in [-0.2, -0.15) is 5.26 Å². The minimum Gasteiger partial charge on any atom is -0.444 e. The molecule has 0 bridgehead atoms. The van der Waals surface area contributed by atoms with E-state index in [0.717, 1.165) is 5.82 Å². The number of benzene rings is 1. The van der Waals surface area contributed by atoms with E-state index >= 15 is 4.39 Å². The Hall–Kier alpha value is -3.94. The van der Waals surface area contributed by atoms with Gasteiger partial charge in [-0.3, -0.25) is 10.7 Å². The van der Waals surface area contributed by atoms with E-state index in [1.54, 1.807) is 17.2 Å². The first-order chi connectivity index (χ1) is 14.0. The Morgan fingerprint density at radius 3 is 2.66 bits per heavy atom. The first kappa shape index (κ1) is 19.8. The van der Waals surface area contributed by atoms with E-state index in [1.807, 2.05) is 11.4 Å². The minimum absolute atomic E-state index is 0.121. The van der Waals surface area contributed by atoms with Crippen molar-refractivity contribution < 1.29 is 13.9 Å². The highest BCUT2D eigenvalue weighted by Gasteiger charge is 2.24. The Labute approximate surface area is 166 Å². The van der Waals surface area contributed by atoms with E-state index in [1.165, 1.54) is 18.5 Å². The highest BCUT2D eigenvalue weighted by molar-refractivity contribution is 5.90. The molecule has 0 unspecified atom stereocenters. The maximum absolute atomic E-state index is 15.1. The second-order valence-corrected chi connectivity index (χ2v) is 6.20. The molecule has 0 spiro atoms. The summed E-state index contributed by atoms with van der Waals surface area (Å²) < 4.78 is 20.0. The quantitative estimate of drug-likeness (QED) is 0.510. The van der Waals surface area contributed by atoms with Crippen LogP contribution in [-0.2, 0) is 11.3 Å². The lowest BCUT2D eigenvalue weighted by molar-refractivity contribution is 0.143. The van der Waals surface area contributed by atoms with Crippen LogP contribution in [0.3, 0.4) is 0 Å². The molecule has 0 saturated carbocycles. The van der Waals surface area contributed by atoms with Crippen molar-refractivity contribution in [3.8, 4) is 6.07 Å². The van der Waals surface area contributed by atoms with E-state index < -0.39 is 17.9 Å². The van der Waals surface area contributed by atoms with Gasteiger partial charge in [0.15, 0.2) is 11.8 Å². The molecule has 1 saturated heterocycles. The van der Waals surface area contributed by atoms with Gasteiger partial charge < -0.3 is 20.3 Å². The monoisotopic (exact) mass is 398 g/mol. The average Bonchev–Trinajstić information content (AvgIpc) is 2.73. The summed E-state index contributed by atoms with van der Waals surface area (Å²) >= 11 is 0. The number of piperazine rings is 1. The molecule has 1 fully saturated rings. The molecule has 3 rings (SSSR count). The van der Waals surface area contributed by atoms with Crippen molar-refractivity contribution in [3.05, 3.63) is 47.7 Å². The highest BCUT2D eigenvalue weighted by atomic mass is 19.1. The fourth-order valence-corrected chi connectivity index (χ4v) is 3.04. The van der Waals surface area contributed by atoms with Gasteiger partial charge in [0.05, 0.1) is 11.3 Å². The lowest BCUT2D eigenvalue weighted by atomic mass is 10.1. The Kier molecular flexibility index (Phi) is 6.03. The number of carbonyl (C=O) groups excluding carboxylic acids is 1. The van der Waals surface area contributed by atoms with Crippen molar-refractivity contribution in [1.82, 2.24) is 15.3 Å². The second-order valence-electron chi connectivity index (χ2n) is 6.20.